The Bertz CT molecular complexity index is 945. The molecule has 144 valence electrons. The highest BCUT2D eigenvalue weighted by atomic mass is 16.5. The molecule has 0 saturated heterocycles. The van der Waals surface area contributed by atoms with Crippen LogP contribution >= 0.6 is 0 Å². The first-order valence-electron chi connectivity index (χ1n) is 8.98. The van der Waals surface area contributed by atoms with E-state index in [4.69, 9.17) is 4.74 Å². The molecule has 0 spiro atoms. The van der Waals surface area contributed by atoms with E-state index >= 15 is 0 Å². The summed E-state index contributed by atoms with van der Waals surface area (Å²) in [4.78, 5) is 40.5. The van der Waals surface area contributed by atoms with Crippen LogP contribution in [-0.4, -0.2) is 50.5 Å². The van der Waals surface area contributed by atoms with Crippen molar-refractivity contribution in [1.82, 2.24) is 5.32 Å². The normalized spacial score (nSPS) is 17.8. The second-order valence-corrected chi connectivity index (χ2v) is 6.61. The maximum Gasteiger partial charge on any atom is 0.262 e. The molecular weight excluding hydrogens is 360 g/mol. The number of ether oxygens (including phenoxy) is 1. The van der Waals surface area contributed by atoms with Crippen molar-refractivity contribution in [3.63, 3.8) is 0 Å². The second-order valence-electron chi connectivity index (χ2n) is 6.61. The minimum Gasteiger partial charge on any atom is -0.477 e. The van der Waals surface area contributed by atoms with Crippen LogP contribution in [0.5, 0.6) is 5.75 Å². The van der Waals surface area contributed by atoms with Gasteiger partial charge in [0.2, 0.25) is 11.8 Å². The molecule has 2 aliphatic heterocycles. The van der Waals surface area contributed by atoms with Crippen molar-refractivity contribution in [2.24, 2.45) is 0 Å². The van der Waals surface area contributed by atoms with E-state index in [9.17, 15) is 14.4 Å². The van der Waals surface area contributed by atoms with Gasteiger partial charge in [0.15, 0.2) is 6.10 Å². The van der Waals surface area contributed by atoms with Gasteiger partial charge >= 0.3 is 0 Å². The van der Waals surface area contributed by atoms with E-state index < -0.39 is 6.10 Å². The highest BCUT2D eigenvalue weighted by Gasteiger charge is 2.33. The molecule has 0 aliphatic carbocycles. The molecule has 2 aromatic rings. The Morgan fingerprint density at radius 1 is 1.14 bits per heavy atom. The van der Waals surface area contributed by atoms with Crippen molar-refractivity contribution in [3.05, 3.63) is 48.5 Å². The molecule has 0 aromatic heterocycles. The average Bonchev–Trinajstić information content (AvgIpc) is 2.72. The lowest BCUT2D eigenvalue weighted by atomic mass is 10.1. The third-order valence-electron chi connectivity index (χ3n) is 4.80. The molecule has 4 rings (SSSR count). The quantitative estimate of drug-likeness (QED) is 0.829. The minimum absolute atomic E-state index is 0.0233. The number of nitrogens with one attached hydrogen (secondary N) is 2. The van der Waals surface area contributed by atoms with Gasteiger partial charge in [-0.3, -0.25) is 19.3 Å². The highest BCUT2D eigenvalue weighted by molar-refractivity contribution is 6.10. The number of carbonyl (C=O) groups excluding carboxylic acids is 3. The van der Waals surface area contributed by atoms with Crippen LogP contribution in [0.15, 0.2) is 48.5 Å². The maximum atomic E-state index is 13.1. The smallest absolute Gasteiger partial charge is 0.262 e. The Morgan fingerprint density at radius 2 is 1.86 bits per heavy atom. The number of rotatable bonds is 3. The molecular formula is C20H20N4O4. The number of hydrogen-bond donors (Lipinski definition) is 2. The van der Waals surface area contributed by atoms with Crippen LogP contribution in [0.2, 0.25) is 0 Å². The van der Waals surface area contributed by atoms with Crippen LogP contribution in [0.25, 0.3) is 0 Å². The van der Waals surface area contributed by atoms with E-state index in [0.29, 0.717) is 17.1 Å². The van der Waals surface area contributed by atoms with Gasteiger partial charge in [-0.15, -0.1) is 0 Å². The summed E-state index contributed by atoms with van der Waals surface area (Å²) in [5.74, 6) is -0.172. The average molecular weight is 380 g/mol. The van der Waals surface area contributed by atoms with Gasteiger partial charge in [0.05, 0.1) is 30.2 Å². The molecule has 8 nitrogen and oxygen atoms in total. The fraction of sp³-hybridized carbons (Fsp3) is 0.250. The second kappa shape index (κ2) is 7.22. The summed E-state index contributed by atoms with van der Waals surface area (Å²) < 4.78 is 5.77. The molecule has 3 amide bonds. The zero-order valence-corrected chi connectivity index (χ0v) is 15.3. The maximum absolute atomic E-state index is 13.1. The lowest BCUT2D eigenvalue weighted by Gasteiger charge is -2.37. The first-order valence-corrected chi connectivity index (χ1v) is 8.98. The molecule has 0 radical (unpaired) electrons. The van der Waals surface area contributed by atoms with Crippen LogP contribution in [0, 0.1) is 0 Å². The SMILES string of the molecule is CNC(=O)[C@H]1CN(CC(=O)N2CC(=O)Nc3ccccc32)c2ccccc2O1. The number of likely N-dealkylation sites (N-methyl/N-ethyl adjacent to an activating group) is 1. The van der Waals surface area contributed by atoms with Crippen molar-refractivity contribution in [2.45, 2.75) is 6.10 Å². The van der Waals surface area contributed by atoms with Gasteiger partial charge in [0.25, 0.3) is 5.91 Å². The lowest BCUT2D eigenvalue weighted by Crippen LogP contribution is -2.52. The van der Waals surface area contributed by atoms with Crippen LogP contribution in [0.1, 0.15) is 0 Å². The number of amides is 3. The number of fused-ring (bicyclic) bond motifs is 2. The van der Waals surface area contributed by atoms with Crippen LogP contribution in [0.4, 0.5) is 17.1 Å². The molecule has 2 heterocycles. The number of nitrogens with zero attached hydrogens (tertiary/aromatic N) is 2. The number of anilines is 3. The van der Waals surface area contributed by atoms with Gasteiger partial charge in [-0.05, 0) is 24.3 Å². The lowest BCUT2D eigenvalue weighted by molar-refractivity contribution is -0.127. The summed E-state index contributed by atoms with van der Waals surface area (Å²) in [5.41, 5.74) is 2.01. The first kappa shape index (κ1) is 17.8. The molecule has 28 heavy (non-hydrogen) atoms. The molecule has 0 bridgehead atoms. The van der Waals surface area contributed by atoms with Crippen molar-refractivity contribution >= 4 is 34.8 Å². The van der Waals surface area contributed by atoms with E-state index in [1.807, 2.05) is 29.2 Å². The van der Waals surface area contributed by atoms with E-state index in [0.717, 1.165) is 5.69 Å². The van der Waals surface area contributed by atoms with Gasteiger partial charge in [-0.25, -0.2) is 0 Å². The van der Waals surface area contributed by atoms with Crippen molar-refractivity contribution in [3.8, 4) is 5.75 Å². The summed E-state index contributed by atoms with van der Waals surface area (Å²) >= 11 is 0. The zero-order chi connectivity index (χ0) is 19.7. The molecule has 2 aliphatic rings. The number of benzene rings is 2. The van der Waals surface area contributed by atoms with E-state index in [1.54, 1.807) is 31.3 Å². The van der Waals surface area contributed by atoms with Crippen molar-refractivity contribution in [1.29, 1.82) is 0 Å². The molecule has 0 unspecified atom stereocenters. The predicted octanol–water partition coefficient (Wildman–Crippen LogP) is 0.985. The van der Waals surface area contributed by atoms with Gasteiger partial charge in [-0.2, -0.15) is 0 Å². The monoisotopic (exact) mass is 380 g/mol. The Labute approximate surface area is 162 Å². The number of para-hydroxylation sites is 4. The Hall–Kier alpha value is -3.55. The zero-order valence-electron chi connectivity index (χ0n) is 15.3. The summed E-state index contributed by atoms with van der Waals surface area (Å²) in [6.07, 6.45) is -0.718. The Balaban J connectivity index is 1.60. The van der Waals surface area contributed by atoms with Crippen LogP contribution in [-0.2, 0) is 14.4 Å². The van der Waals surface area contributed by atoms with E-state index in [-0.39, 0.29) is 37.4 Å². The molecule has 1 atom stereocenters. The van der Waals surface area contributed by atoms with Crippen LogP contribution in [0.3, 0.4) is 0 Å². The third-order valence-corrected chi connectivity index (χ3v) is 4.80. The Morgan fingerprint density at radius 3 is 2.64 bits per heavy atom. The molecule has 8 heteroatoms. The highest BCUT2D eigenvalue weighted by Crippen LogP contribution is 2.34. The van der Waals surface area contributed by atoms with Crippen molar-refractivity contribution in [2.75, 3.05) is 41.8 Å². The van der Waals surface area contributed by atoms with Gasteiger partial charge < -0.3 is 20.3 Å². The number of carbonyl (C=O) groups is 3. The van der Waals surface area contributed by atoms with Gasteiger partial charge in [0.1, 0.15) is 12.3 Å². The summed E-state index contributed by atoms with van der Waals surface area (Å²) in [6.45, 7) is 0.223. The minimum atomic E-state index is -0.718. The van der Waals surface area contributed by atoms with Crippen LogP contribution < -0.4 is 25.2 Å². The molecule has 0 saturated carbocycles. The summed E-state index contributed by atoms with van der Waals surface area (Å²) in [7, 11) is 1.55. The van der Waals surface area contributed by atoms with E-state index in [2.05, 4.69) is 10.6 Å². The standard InChI is InChI=1S/C20H20N4O4/c1-21-20(27)17-10-23(15-8-4-5-9-16(15)28-17)12-19(26)24-11-18(25)22-13-6-2-3-7-14(13)24/h2-9,17H,10-12H2,1H3,(H,21,27)(H,22,25)/t17-/m1/s1. The summed E-state index contributed by atoms with van der Waals surface area (Å²) in [5, 5.41) is 5.36. The Kier molecular flexibility index (Phi) is 4.60. The predicted molar refractivity (Wildman–Crippen MR) is 105 cm³/mol. The van der Waals surface area contributed by atoms with Gasteiger partial charge in [0, 0.05) is 7.05 Å². The van der Waals surface area contributed by atoms with Gasteiger partial charge in [-0.1, -0.05) is 24.3 Å². The molecule has 2 N–H and O–H groups in total. The molecule has 2 aromatic carbocycles. The third kappa shape index (κ3) is 3.24. The van der Waals surface area contributed by atoms with Crippen molar-refractivity contribution < 1.29 is 19.1 Å². The first-order chi connectivity index (χ1) is 13.6. The number of hydrogen-bond acceptors (Lipinski definition) is 5. The van der Waals surface area contributed by atoms with E-state index in [1.165, 1.54) is 4.90 Å². The fourth-order valence-corrected chi connectivity index (χ4v) is 3.46. The fourth-order valence-electron chi connectivity index (χ4n) is 3.46. The topological polar surface area (TPSA) is 91.0 Å². The summed E-state index contributed by atoms with van der Waals surface area (Å²) in [6, 6.07) is 14.5. The largest absolute Gasteiger partial charge is 0.477 e. The molecule has 0 fully saturated rings.